The molecule has 0 saturated heterocycles. The topological polar surface area (TPSA) is 27.1 Å². The molecule has 1 aromatic heterocycles. The molecule has 21 heavy (non-hydrogen) atoms. The van der Waals surface area contributed by atoms with E-state index < -0.39 is 0 Å². The number of benzene rings is 1. The van der Waals surface area contributed by atoms with Crippen molar-refractivity contribution in [3.8, 4) is 5.75 Å². The van der Waals surface area contributed by atoms with E-state index in [0.29, 0.717) is 12.6 Å². The molecule has 1 saturated carbocycles. The maximum absolute atomic E-state index is 5.93. The molecule has 0 bridgehead atoms. The van der Waals surface area contributed by atoms with Crippen molar-refractivity contribution in [3.05, 3.63) is 47.3 Å². The Kier molecular flexibility index (Phi) is 4.28. The third kappa shape index (κ3) is 3.29. The van der Waals surface area contributed by atoms with Crippen molar-refractivity contribution in [1.29, 1.82) is 0 Å². The van der Waals surface area contributed by atoms with Gasteiger partial charge >= 0.3 is 0 Å². The van der Waals surface area contributed by atoms with E-state index in [-0.39, 0.29) is 0 Å². The summed E-state index contributed by atoms with van der Waals surface area (Å²) in [5.41, 5.74) is 3.49. The Morgan fingerprint density at radius 1 is 1.14 bits per heavy atom. The standard InChI is InChI=1S/C18H24N2O/c1-14-7-6-10-18(15(14)2)21-13-16-11-12-20(19-16)17-8-4-3-5-9-17/h6-7,10-12,17H,3-5,8-9,13H2,1-2H3. The summed E-state index contributed by atoms with van der Waals surface area (Å²) in [4.78, 5) is 0. The predicted octanol–water partition coefficient (Wildman–Crippen LogP) is 4.58. The molecule has 3 nitrogen and oxygen atoms in total. The molecule has 1 aliphatic carbocycles. The van der Waals surface area contributed by atoms with Crippen LogP contribution in [0, 0.1) is 13.8 Å². The van der Waals surface area contributed by atoms with Crippen LogP contribution < -0.4 is 4.74 Å². The minimum Gasteiger partial charge on any atom is -0.487 e. The van der Waals surface area contributed by atoms with E-state index in [1.807, 2.05) is 12.1 Å². The van der Waals surface area contributed by atoms with Gasteiger partial charge < -0.3 is 4.74 Å². The SMILES string of the molecule is Cc1cccc(OCc2ccn(C3CCCCC3)n2)c1C. The molecule has 1 fully saturated rings. The molecule has 0 spiro atoms. The molecular weight excluding hydrogens is 260 g/mol. The summed E-state index contributed by atoms with van der Waals surface area (Å²) in [6, 6.07) is 8.85. The van der Waals surface area contributed by atoms with Crippen molar-refractivity contribution in [2.45, 2.75) is 58.6 Å². The molecule has 112 valence electrons. The van der Waals surface area contributed by atoms with Gasteiger partial charge in [-0.3, -0.25) is 4.68 Å². The van der Waals surface area contributed by atoms with Crippen molar-refractivity contribution in [2.24, 2.45) is 0 Å². The normalized spacial score (nSPS) is 16.1. The Labute approximate surface area is 126 Å². The van der Waals surface area contributed by atoms with Crippen LogP contribution in [0.5, 0.6) is 5.75 Å². The summed E-state index contributed by atoms with van der Waals surface area (Å²) >= 11 is 0. The van der Waals surface area contributed by atoms with E-state index >= 15 is 0 Å². The monoisotopic (exact) mass is 284 g/mol. The maximum Gasteiger partial charge on any atom is 0.132 e. The zero-order valence-electron chi connectivity index (χ0n) is 13.0. The van der Waals surface area contributed by atoms with Crippen molar-refractivity contribution >= 4 is 0 Å². The van der Waals surface area contributed by atoms with Crippen molar-refractivity contribution < 1.29 is 4.74 Å². The highest BCUT2D eigenvalue weighted by Gasteiger charge is 2.16. The molecule has 0 radical (unpaired) electrons. The van der Waals surface area contributed by atoms with Crippen LogP contribution in [0.3, 0.4) is 0 Å². The van der Waals surface area contributed by atoms with E-state index in [2.05, 4.69) is 36.9 Å². The largest absolute Gasteiger partial charge is 0.487 e. The molecule has 0 aliphatic heterocycles. The number of rotatable bonds is 4. The summed E-state index contributed by atoms with van der Waals surface area (Å²) < 4.78 is 8.07. The van der Waals surface area contributed by atoms with Crippen molar-refractivity contribution in [1.82, 2.24) is 9.78 Å². The van der Waals surface area contributed by atoms with Gasteiger partial charge in [0.05, 0.1) is 11.7 Å². The van der Waals surface area contributed by atoms with Crippen LogP contribution in [-0.2, 0) is 6.61 Å². The van der Waals surface area contributed by atoms with Crippen molar-refractivity contribution in [2.75, 3.05) is 0 Å². The lowest BCUT2D eigenvalue weighted by molar-refractivity contribution is 0.289. The van der Waals surface area contributed by atoms with Crippen LogP contribution in [-0.4, -0.2) is 9.78 Å². The van der Waals surface area contributed by atoms with Crippen LogP contribution in [0.1, 0.15) is 55.0 Å². The number of aryl methyl sites for hydroxylation is 1. The van der Waals surface area contributed by atoms with E-state index in [4.69, 9.17) is 9.84 Å². The Hall–Kier alpha value is -1.77. The highest BCUT2D eigenvalue weighted by molar-refractivity contribution is 5.38. The average molecular weight is 284 g/mol. The second-order valence-electron chi connectivity index (χ2n) is 6.07. The first-order valence-electron chi connectivity index (χ1n) is 7.97. The fourth-order valence-corrected chi connectivity index (χ4v) is 3.04. The molecule has 1 heterocycles. The maximum atomic E-state index is 5.93. The van der Waals surface area contributed by atoms with Gasteiger partial charge in [0.2, 0.25) is 0 Å². The fourth-order valence-electron chi connectivity index (χ4n) is 3.04. The third-order valence-corrected chi connectivity index (χ3v) is 4.54. The summed E-state index contributed by atoms with van der Waals surface area (Å²) in [5.74, 6) is 0.960. The average Bonchev–Trinajstić information content (AvgIpc) is 2.99. The number of hydrogen-bond donors (Lipinski definition) is 0. The van der Waals surface area contributed by atoms with Crippen LogP contribution in [0.15, 0.2) is 30.5 Å². The second kappa shape index (κ2) is 6.33. The molecular formula is C18H24N2O. The van der Waals surface area contributed by atoms with Crippen LogP contribution in [0.4, 0.5) is 0 Å². The first-order valence-corrected chi connectivity index (χ1v) is 7.97. The molecule has 0 unspecified atom stereocenters. The number of hydrogen-bond acceptors (Lipinski definition) is 2. The lowest BCUT2D eigenvalue weighted by atomic mass is 9.96. The molecule has 0 atom stereocenters. The third-order valence-electron chi connectivity index (χ3n) is 4.54. The van der Waals surface area contributed by atoms with Crippen LogP contribution in [0.25, 0.3) is 0 Å². The van der Waals surface area contributed by atoms with Crippen molar-refractivity contribution in [3.63, 3.8) is 0 Å². The summed E-state index contributed by atoms with van der Waals surface area (Å²) in [7, 11) is 0. The van der Waals surface area contributed by atoms with Gasteiger partial charge in [0.1, 0.15) is 12.4 Å². The number of ether oxygens (including phenoxy) is 1. The van der Waals surface area contributed by atoms with E-state index in [0.717, 1.165) is 11.4 Å². The quantitative estimate of drug-likeness (QED) is 0.821. The van der Waals surface area contributed by atoms with Gasteiger partial charge in [-0.1, -0.05) is 31.4 Å². The zero-order chi connectivity index (χ0) is 14.7. The molecule has 0 N–H and O–H groups in total. The van der Waals surface area contributed by atoms with E-state index in [1.165, 1.54) is 43.2 Å². The molecule has 1 aromatic carbocycles. The Morgan fingerprint density at radius 3 is 2.76 bits per heavy atom. The summed E-state index contributed by atoms with van der Waals surface area (Å²) in [6.07, 6.45) is 8.67. The lowest BCUT2D eigenvalue weighted by Crippen LogP contribution is -2.13. The first-order chi connectivity index (χ1) is 10.2. The van der Waals surface area contributed by atoms with Crippen LogP contribution in [0.2, 0.25) is 0 Å². The van der Waals surface area contributed by atoms with E-state index in [1.54, 1.807) is 0 Å². The molecule has 0 amide bonds. The first kappa shape index (κ1) is 14.2. The number of nitrogens with zero attached hydrogens (tertiary/aromatic N) is 2. The minimum atomic E-state index is 0.546. The molecule has 1 aliphatic rings. The molecule has 3 heteroatoms. The zero-order valence-corrected chi connectivity index (χ0v) is 13.0. The van der Waals surface area contributed by atoms with Gasteiger partial charge in [0, 0.05) is 6.20 Å². The van der Waals surface area contributed by atoms with Gasteiger partial charge in [-0.2, -0.15) is 5.10 Å². The van der Waals surface area contributed by atoms with Gasteiger partial charge in [0.15, 0.2) is 0 Å². The van der Waals surface area contributed by atoms with Crippen LogP contribution >= 0.6 is 0 Å². The Balaban J connectivity index is 1.63. The Bertz CT molecular complexity index is 597. The molecule has 2 aromatic rings. The highest BCUT2D eigenvalue weighted by atomic mass is 16.5. The minimum absolute atomic E-state index is 0.546. The smallest absolute Gasteiger partial charge is 0.132 e. The lowest BCUT2D eigenvalue weighted by Gasteiger charge is -2.21. The summed E-state index contributed by atoms with van der Waals surface area (Å²) in [5, 5.41) is 4.69. The van der Waals surface area contributed by atoms with Gasteiger partial charge in [-0.25, -0.2) is 0 Å². The predicted molar refractivity (Wildman–Crippen MR) is 84.6 cm³/mol. The Morgan fingerprint density at radius 2 is 1.95 bits per heavy atom. The highest BCUT2D eigenvalue weighted by Crippen LogP contribution is 2.27. The summed E-state index contributed by atoms with van der Waals surface area (Å²) in [6.45, 7) is 4.76. The van der Waals surface area contributed by atoms with E-state index in [9.17, 15) is 0 Å². The van der Waals surface area contributed by atoms with Gasteiger partial charge in [0.25, 0.3) is 0 Å². The fraction of sp³-hybridized carbons (Fsp3) is 0.500. The van der Waals surface area contributed by atoms with Gasteiger partial charge in [-0.15, -0.1) is 0 Å². The molecule has 3 rings (SSSR count). The number of aromatic nitrogens is 2. The van der Waals surface area contributed by atoms with Gasteiger partial charge in [-0.05, 0) is 49.9 Å². The second-order valence-corrected chi connectivity index (χ2v) is 6.07.